The molecule has 1 aliphatic rings. The fraction of sp³-hybridized carbons (Fsp3) is 0.611. The van der Waals surface area contributed by atoms with Crippen molar-refractivity contribution in [2.24, 2.45) is 5.92 Å². The predicted molar refractivity (Wildman–Crippen MR) is 87.0 cm³/mol. The Morgan fingerprint density at radius 3 is 2.24 bits per heavy atom. The average molecular weight is 288 g/mol. The minimum absolute atomic E-state index is 0.00438. The second kappa shape index (κ2) is 5.80. The molecule has 1 N–H and O–H groups in total. The molecule has 0 radical (unpaired) electrons. The Bertz CT molecular complexity index is 499. The lowest BCUT2D eigenvalue weighted by atomic mass is 9.86. The molecule has 1 fully saturated rings. The van der Waals surface area contributed by atoms with Gasteiger partial charge in [0, 0.05) is 7.05 Å². The minimum atomic E-state index is -0.0534. The number of nitrogens with one attached hydrogen (secondary N) is 1. The van der Waals surface area contributed by atoms with Crippen LogP contribution in [0, 0.1) is 5.92 Å². The lowest BCUT2D eigenvalue weighted by molar-refractivity contribution is -0.129. The standard InChI is InChI=1S/C18H28N2O/c1-12(2)11-15-17(21)20(6)16(19-15)13-7-9-14(10-8-13)18(3,4)5/h7-10,12,15-16,19H,11H2,1-6H3. The first-order chi connectivity index (χ1) is 9.70. The summed E-state index contributed by atoms with van der Waals surface area (Å²) in [5.74, 6) is 0.718. The van der Waals surface area contributed by atoms with Crippen LogP contribution >= 0.6 is 0 Å². The third kappa shape index (κ3) is 3.46. The topological polar surface area (TPSA) is 32.3 Å². The number of nitrogens with zero attached hydrogens (tertiary/aromatic N) is 1. The fourth-order valence-electron chi connectivity index (χ4n) is 2.87. The number of rotatable bonds is 3. The van der Waals surface area contributed by atoms with Gasteiger partial charge in [0.25, 0.3) is 0 Å². The van der Waals surface area contributed by atoms with Crippen molar-refractivity contribution >= 4 is 5.91 Å². The number of benzene rings is 1. The van der Waals surface area contributed by atoms with E-state index in [2.05, 4.69) is 64.2 Å². The zero-order valence-electron chi connectivity index (χ0n) is 14.1. The summed E-state index contributed by atoms with van der Waals surface area (Å²) in [4.78, 5) is 14.1. The van der Waals surface area contributed by atoms with E-state index in [-0.39, 0.29) is 23.5 Å². The molecule has 1 aromatic rings. The largest absolute Gasteiger partial charge is 0.325 e. The van der Waals surface area contributed by atoms with Crippen LogP contribution < -0.4 is 5.32 Å². The lowest BCUT2D eigenvalue weighted by Gasteiger charge is -2.23. The Morgan fingerprint density at radius 1 is 1.19 bits per heavy atom. The molecule has 0 spiro atoms. The zero-order valence-corrected chi connectivity index (χ0v) is 14.1. The van der Waals surface area contributed by atoms with Crippen LogP contribution in [0.15, 0.2) is 24.3 Å². The van der Waals surface area contributed by atoms with Gasteiger partial charge >= 0.3 is 0 Å². The summed E-state index contributed by atoms with van der Waals surface area (Å²) in [5, 5.41) is 3.47. The van der Waals surface area contributed by atoms with Gasteiger partial charge in [0.1, 0.15) is 6.17 Å². The van der Waals surface area contributed by atoms with Gasteiger partial charge in [-0.1, -0.05) is 58.9 Å². The minimum Gasteiger partial charge on any atom is -0.325 e. The van der Waals surface area contributed by atoms with E-state index >= 15 is 0 Å². The summed E-state index contributed by atoms with van der Waals surface area (Å²) in [5.41, 5.74) is 2.63. The number of amides is 1. The van der Waals surface area contributed by atoms with E-state index < -0.39 is 0 Å². The molecule has 0 aliphatic carbocycles. The third-order valence-corrected chi connectivity index (χ3v) is 4.19. The van der Waals surface area contributed by atoms with Crippen LogP contribution in [-0.2, 0) is 10.2 Å². The molecular weight excluding hydrogens is 260 g/mol. The van der Waals surface area contributed by atoms with Gasteiger partial charge < -0.3 is 4.90 Å². The van der Waals surface area contributed by atoms with Crippen LogP contribution in [0.4, 0.5) is 0 Å². The second-order valence-corrected chi connectivity index (χ2v) is 7.57. The van der Waals surface area contributed by atoms with E-state index in [1.165, 1.54) is 5.56 Å². The normalized spacial score (nSPS) is 23.2. The van der Waals surface area contributed by atoms with Crippen LogP contribution in [0.3, 0.4) is 0 Å². The molecule has 1 heterocycles. The molecule has 1 saturated heterocycles. The van der Waals surface area contributed by atoms with E-state index in [0.717, 1.165) is 12.0 Å². The maximum absolute atomic E-state index is 12.3. The molecule has 2 atom stereocenters. The van der Waals surface area contributed by atoms with Crippen LogP contribution in [-0.4, -0.2) is 23.9 Å². The van der Waals surface area contributed by atoms with Crippen molar-refractivity contribution in [3.05, 3.63) is 35.4 Å². The van der Waals surface area contributed by atoms with Crippen LogP contribution in [0.2, 0.25) is 0 Å². The van der Waals surface area contributed by atoms with Gasteiger partial charge in [-0.05, 0) is 28.9 Å². The van der Waals surface area contributed by atoms with E-state index in [0.29, 0.717) is 5.92 Å². The van der Waals surface area contributed by atoms with Gasteiger partial charge in [0.05, 0.1) is 6.04 Å². The van der Waals surface area contributed by atoms with Crippen molar-refractivity contribution in [2.45, 2.75) is 58.7 Å². The van der Waals surface area contributed by atoms with Crippen molar-refractivity contribution in [1.82, 2.24) is 10.2 Å². The quantitative estimate of drug-likeness (QED) is 0.924. The van der Waals surface area contributed by atoms with E-state index in [4.69, 9.17) is 0 Å². The van der Waals surface area contributed by atoms with Crippen molar-refractivity contribution in [1.29, 1.82) is 0 Å². The van der Waals surface area contributed by atoms with E-state index in [9.17, 15) is 4.79 Å². The van der Waals surface area contributed by atoms with Gasteiger partial charge in [-0.3, -0.25) is 10.1 Å². The summed E-state index contributed by atoms with van der Waals surface area (Å²) in [6, 6.07) is 8.57. The molecule has 3 nitrogen and oxygen atoms in total. The molecule has 21 heavy (non-hydrogen) atoms. The van der Waals surface area contributed by atoms with Crippen LogP contribution in [0.25, 0.3) is 0 Å². The highest BCUT2D eigenvalue weighted by Gasteiger charge is 2.37. The Hall–Kier alpha value is -1.35. The Balaban J connectivity index is 2.17. The summed E-state index contributed by atoms with van der Waals surface area (Å²) < 4.78 is 0. The van der Waals surface area contributed by atoms with Crippen LogP contribution in [0.1, 0.15) is 58.3 Å². The van der Waals surface area contributed by atoms with Crippen molar-refractivity contribution < 1.29 is 4.79 Å². The molecule has 0 bridgehead atoms. The molecule has 2 rings (SSSR count). The maximum Gasteiger partial charge on any atom is 0.241 e. The predicted octanol–water partition coefficient (Wildman–Crippen LogP) is 3.46. The highest BCUT2D eigenvalue weighted by molar-refractivity contribution is 5.84. The second-order valence-electron chi connectivity index (χ2n) is 7.57. The number of carbonyl (C=O) groups excluding carboxylic acids is 1. The van der Waals surface area contributed by atoms with Crippen LogP contribution in [0.5, 0.6) is 0 Å². The maximum atomic E-state index is 12.3. The molecule has 116 valence electrons. The first-order valence-electron chi connectivity index (χ1n) is 7.83. The number of carbonyl (C=O) groups is 1. The Kier molecular flexibility index (Phi) is 4.43. The number of likely N-dealkylation sites (N-methyl/N-ethyl adjacent to an activating group) is 1. The molecule has 1 amide bonds. The smallest absolute Gasteiger partial charge is 0.241 e. The Labute approximate surface area is 128 Å². The number of hydrogen-bond donors (Lipinski definition) is 1. The molecular formula is C18H28N2O. The summed E-state index contributed by atoms with van der Waals surface area (Å²) >= 11 is 0. The van der Waals surface area contributed by atoms with Crippen molar-refractivity contribution in [2.75, 3.05) is 7.05 Å². The fourth-order valence-corrected chi connectivity index (χ4v) is 2.87. The lowest BCUT2D eigenvalue weighted by Crippen LogP contribution is -2.30. The van der Waals surface area contributed by atoms with Crippen molar-refractivity contribution in [3.63, 3.8) is 0 Å². The summed E-state index contributed by atoms with van der Waals surface area (Å²) in [7, 11) is 1.89. The van der Waals surface area contributed by atoms with Gasteiger partial charge in [0.15, 0.2) is 0 Å². The molecule has 0 saturated carbocycles. The van der Waals surface area contributed by atoms with E-state index in [1.54, 1.807) is 0 Å². The highest BCUT2D eigenvalue weighted by atomic mass is 16.2. The SMILES string of the molecule is CC(C)CC1NC(c2ccc(C(C)(C)C)cc2)N(C)C1=O. The summed E-state index contributed by atoms with van der Waals surface area (Å²) in [6.45, 7) is 10.9. The third-order valence-electron chi connectivity index (χ3n) is 4.19. The highest BCUT2D eigenvalue weighted by Crippen LogP contribution is 2.28. The van der Waals surface area contributed by atoms with Gasteiger partial charge in [-0.25, -0.2) is 0 Å². The van der Waals surface area contributed by atoms with Gasteiger partial charge in [-0.15, -0.1) is 0 Å². The summed E-state index contributed by atoms with van der Waals surface area (Å²) in [6.07, 6.45) is 0.884. The molecule has 1 aliphatic heterocycles. The van der Waals surface area contributed by atoms with Gasteiger partial charge in [0.2, 0.25) is 5.91 Å². The Morgan fingerprint density at radius 2 is 1.76 bits per heavy atom. The molecule has 0 aromatic heterocycles. The average Bonchev–Trinajstić information content (AvgIpc) is 2.66. The van der Waals surface area contributed by atoms with Gasteiger partial charge in [-0.2, -0.15) is 0 Å². The van der Waals surface area contributed by atoms with E-state index in [1.807, 2.05) is 11.9 Å². The monoisotopic (exact) mass is 288 g/mol. The molecule has 3 heteroatoms. The first kappa shape index (κ1) is 16.0. The van der Waals surface area contributed by atoms with Crippen molar-refractivity contribution in [3.8, 4) is 0 Å². The molecule has 1 aromatic carbocycles. The first-order valence-corrected chi connectivity index (χ1v) is 7.83. The molecule has 2 unspecified atom stereocenters. The number of hydrogen-bond acceptors (Lipinski definition) is 2. The zero-order chi connectivity index (χ0) is 15.8.